The van der Waals surface area contributed by atoms with Crippen molar-refractivity contribution in [2.75, 3.05) is 13.1 Å². The molecule has 0 spiro atoms. The summed E-state index contributed by atoms with van der Waals surface area (Å²) in [5.41, 5.74) is 11.8. The summed E-state index contributed by atoms with van der Waals surface area (Å²) in [7, 11) is 0. The Balaban J connectivity index is 1.91. The quantitative estimate of drug-likeness (QED) is 0.420. The molecule has 0 aromatic carbocycles. The Kier molecular flexibility index (Phi) is 4.84. The highest BCUT2D eigenvalue weighted by Crippen LogP contribution is 2.19. The lowest BCUT2D eigenvalue weighted by atomic mass is 10.1. The van der Waals surface area contributed by atoms with Crippen molar-refractivity contribution < 1.29 is 0 Å². The van der Waals surface area contributed by atoms with E-state index in [9.17, 15) is 0 Å². The van der Waals surface area contributed by atoms with Gasteiger partial charge in [0.1, 0.15) is 0 Å². The van der Waals surface area contributed by atoms with Gasteiger partial charge >= 0.3 is 0 Å². The van der Waals surface area contributed by atoms with E-state index >= 15 is 0 Å². The average molecular weight is 251 g/mol. The Bertz CT molecular complexity index is 309. The summed E-state index contributed by atoms with van der Waals surface area (Å²) in [4.78, 5) is 10.8. The third-order valence-electron chi connectivity index (χ3n) is 3.80. The number of nitrogens with zero attached hydrogens (tertiary/aromatic N) is 3. The van der Waals surface area contributed by atoms with Crippen molar-refractivity contribution >= 4 is 11.9 Å². The van der Waals surface area contributed by atoms with Gasteiger partial charge in [-0.15, -0.1) is 0 Å². The molecule has 18 heavy (non-hydrogen) atoms. The third kappa shape index (κ3) is 3.89. The van der Waals surface area contributed by atoms with Crippen LogP contribution in [-0.4, -0.2) is 36.0 Å². The number of rotatable bonds is 1. The van der Waals surface area contributed by atoms with Crippen LogP contribution < -0.4 is 11.5 Å². The van der Waals surface area contributed by atoms with Crippen LogP contribution in [0.5, 0.6) is 0 Å². The Morgan fingerprint density at radius 1 is 0.889 bits per heavy atom. The molecule has 0 aromatic heterocycles. The van der Waals surface area contributed by atoms with Gasteiger partial charge in [0.2, 0.25) is 5.96 Å². The molecule has 1 aliphatic carbocycles. The zero-order valence-electron chi connectivity index (χ0n) is 11.1. The molecule has 0 unspecified atom stereocenters. The molecule has 0 atom stereocenters. The standard InChI is InChI=1S/C13H25N5/c14-12(16-11-7-3-1-2-4-8-11)17-13(15)18-9-5-6-10-18/h11H,1-10H2,(H4,14,15,16,17). The van der Waals surface area contributed by atoms with Crippen molar-refractivity contribution in [3.05, 3.63) is 0 Å². The first-order chi connectivity index (χ1) is 8.75. The van der Waals surface area contributed by atoms with E-state index < -0.39 is 0 Å². The largest absolute Gasteiger partial charge is 0.369 e. The summed E-state index contributed by atoms with van der Waals surface area (Å²) < 4.78 is 0. The molecule has 0 amide bonds. The fourth-order valence-electron chi connectivity index (χ4n) is 2.74. The number of guanidine groups is 2. The second kappa shape index (κ2) is 6.61. The second-order valence-electron chi connectivity index (χ2n) is 5.30. The maximum atomic E-state index is 5.93. The van der Waals surface area contributed by atoms with Crippen LogP contribution in [0, 0.1) is 0 Å². The van der Waals surface area contributed by atoms with Crippen LogP contribution in [0.4, 0.5) is 0 Å². The number of likely N-dealkylation sites (tertiary alicyclic amines) is 1. The molecule has 0 radical (unpaired) electrons. The molecule has 2 fully saturated rings. The van der Waals surface area contributed by atoms with Gasteiger partial charge in [-0.1, -0.05) is 25.7 Å². The van der Waals surface area contributed by atoms with Crippen molar-refractivity contribution in [2.24, 2.45) is 21.5 Å². The maximum absolute atomic E-state index is 5.93. The monoisotopic (exact) mass is 251 g/mol. The highest BCUT2D eigenvalue weighted by Gasteiger charge is 2.14. The molecule has 1 heterocycles. The smallest absolute Gasteiger partial charge is 0.218 e. The van der Waals surface area contributed by atoms with E-state index in [2.05, 4.69) is 14.9 Å². The lowest BCUT2D eigenvalue weighted by Crippen LogP contribution is -2.36. The van der Waals surface area contributed by atoms with Gasteiger partial charge in [-0.25, -0.2) is 4.99 Å². The van der Waals surface area contributed by atoms with E-state index in [-0.39, 0.29) is 0 Å². The van der Waals surface area contributed by atoms with Crippen LogP contribution in [0.15, 0.2) is 9.98 Å². The fourth-order valence-corrected chi connectivity index (χ4v) is 2.74. The summed E-state index contributed by atoms with van der Waals surface area (Å²) in [6.45, 7) is 1.98. The van der Waals surface area contributed by atoms with E-state index in [0.29, 0.717) is 18.0 Å². The van der Waals surface area contributed by atoms with Gasteiger partial charge in [0.15, 0.2) is 5.96 Å². The SMILES string of the molecule is NC(=NC1CCCCCC1)N=C(N)N1CCCC1. The molecule has 2 aliphatic rings. The molecule has 5 nitrogen and oxygen atoms in total. The van der Waals surface area contributed by atoms with Crippen molar-refractivity contribution in [3.63, 3.8) is 0 Å². The molecular weight excluding hydrogens is 226 g/mol. The van der Waals surface area contributed by atoms with Gasteiger partial charge < -0.3 is 16.4 Å². The zero-order chi connectivity index (χ0) is 12.8. The first kappa shape index (κ1) is 13.2. The summed E-state index contributed by atoms with van der Waals surface area (Å²) in [6, 6.07) is 0.350. The highest BCUT2D eigenvalue weighted by molar-refractivity contribution is 5.93. The number of hydrogen-bond acceptors (Lipinski definition) is 1. The lowest BCUT2D eigenvalue weighted by Gasteiger charge is -2.15. The van der Waals surface area contributed by atoms with Crippen molar-refractivity contribution in [3.8, 4) is 0 Å². The molecule has 5 heteroatoms. The first-order valence-electron chi connectivity index (χ1n) is 7.18. The van der Waals surface area contributed by atoms with E-state index in [1.54, 1.807) is 0 Å². The first-order valence-corrected chi connectivity index (χ1v) is 7.18. The molecule has 2 rings (SSSR count). The minimum absolute atomic E-state index is 0.350. The number of nitrogens with two attached hydrogens (primary N) is 2. The van der Waals surface area contributed by atoms with Gasteiger partial charge in [0.05, 0.1) is 6.04 Å². The molecule has 1 saturated carbocycles. The van der Waals surface area contributed by atoms with Crippen LogP contribution in [0.3, 0.4) is 0 Å². The van der Waals surface area contributed by atoms with Crippen molar-refractivity contribution in [1.82, 2.24) is 4.90 Å². The minimum atomic E-state index is 0.350. The summed E-state index contributed by atoms with van der Waals surface area (Å²) >= 11 is 0. The Morgan fingerprint density at radius 3 is 2.11 bits per heavy atom. The predicted octanol–water partition coefficient (Wildman–Crippen LogP) is 1.43. The van der Waals surface area contributed by atoms with Crippen LogP contribution >= 0.6 is 0 Å². The van der Waals surface area contributed by atoms with E-state index in [1.807, 2.05) is 0 Å². The third-order valence-corrected chi connectivity index (χ3v) is 3.80. The molecule has 1 saturated heterocycles. The normalized spacial score (nSPS) is 24.3. The van der Waals surface area contributed by atoms with Crippen molar-refractivity contribution in [1.29, 1.82) is 0 Å². The average Bonchev–Trinajstić information content (AvgIpc) is 2.76. The van der Waals surface area contributed by atoms with Crippen molar-refractivity contribution in [2.45, 2.75) is 57.4 Å². The molecule has 1 aliphatic heterocycles. The number of hydrogen-bond donors (Lipinski definition) is 2. The number of aliphatic imine (C=N–C) groups is 2. The molecular formula is C13H25N5. The van der Waals surface area contributed by atoms with Gasteiger partial charge in [-0.05, 0) is 25.7 Å². The van der Waals surface area contributed by atoms with Gasteiger partial charge in [0, 0.05) is 13.1 Å². The maximum Gasteiger partial charge on any atom is 0.218 e. The van der Waals surface area contributed by atoms with E-state index in [0.717, 1.165) is 25.9 Å². The minimum Gasteiger partial charge on any atom is -0.369 e. The summed E-state index contributed by atoms with van der Waals surface area (Å²) in [5, 5.41) is 0. The van der Waals surface area contributed by atoms with Crippen LogP contribution in [0.25, 0.3) is 0 Å². The van der Waals surface area contributed by atoms with Crippen LogP contribution in [0.2, 0.25) is 0 Å². The van der Waals surface area contributed by atoms with Gasteiger partial charge in [0.25, 0.3) is 0 Å². The molecule has 102 valence electrons. The predicted molar refractivity (Wildman–Crippen MR) is 75.5 cm³/mol. The Morgan fingerprint density at radius 2 is 1.50 bits per heavy atom. The molecule has 0 bridgehead atoms. The summed E-state index contributed by atoms with van der Waals surface area (Å²) in [6.07, 6.45) is 9.82. The summed E-state index contributed by atoms with van der Waals surface area (Å²) in [5.74, 6) is 0.883. The Hall–Kier alpha value is -1.26. The van der Waals surface area contributed by atoms with Gasteiger partial charge in [-0.3, -0.25) is 0 Å². The zero-order valence-corrected chi connectivity index (χ0v) is 11.1. The van der Waals surface area contributed by atoms with E-state index in [4.69, 9.17) is 11.5 Å². The molecule has 0 aromatic rings. The Labute approximate surface area is 109 Å². The van der Waals surface area contributed by atoms with Gasteiger partial charge in [-0.2, -0.15) is 4.99 Å². The lowest BCUT2D eigenvalue weighted by molar-refractivity contribution is 0.513. The topological polar surface area (TPSA) is 80.0 Å². The fraction of sp³-hybridized carbons (Fsp3) is 0.846. The van der Waals surface area contributed by atoms with Crippen LogP contribution in [0.1, 0.15) is 51.4 Å². The van der Waals surface area contributed by atoms with Crippen LogP contribution in [-0.2, 0) is 0 Å². The second-order valence-corrected chi connectivity index (χ2v) is 5.30. The highest BCUT2D eigenvalue weighted by atomic mass is 15.3. The molecule has 4 N–H and O–H groups in total. The van der Waals surface area contributed by atoms with E-state index in [1.165, 1.54) is 38.5 Å².